The number of anilines is 1. The molecule has 0 unspecified atom stereocenters. The molecule has 0 aliphatic carbocycles. The molecule has 1 aliphatic rings. The quantitative estimate of drug-likeness (QED) is 0.775. The first-order valence-corrected chi connectivity index (χ1v) is 6.57. The van der Waals surface area contributed by atoms with Crippen molar-refractivity contribution in [3.05, 3.63) is 15.5 Å². The van der Waals surface area contributed by atoms with Crippen LogP contribution in [0.25, 0.3) is 0 Å². The Hall–Kier alpha value is -0.430. The highest BCUT2D eigenvalue weighted by Crippen LogP contribution is 2.32. The Bertz CT molecular complexity index is 380. The lowest BCUT2D eigenvalue weighted by Gasteiger charge is -2.21. The van der Waals surface area contributed by atoms with Gasteiger partial charge in [0.2, 0.25) is 5.95 Å². The fourth-order valence-electron chi connectivity index (χ4n) is 2.08. The lowest BCUT2D eigenvalue weighted by Crippen LogP contribution is -2.21. The summed E-state index contributed by atoms with van der Waals surface area (Å²) in [7, 11) is 6.12. The third-order valence-electron chi connectivity index (χ3n) is 2.99. The zero-order chi connectivity index (χ0) is 11.7. The standard InChI is InChI=1S/C11H17IN4/c1-15(2)11-13-7-8(12)10(14-11)9-5-4-6-16(9)3/h7,9H,4-6H2,1-3H3/t9-/m0/s1. The van der Waals surface area contributed by atoms with Gasteiger partial charge >= 0.3 is 0 Å². The first kappa shape index (κ1) is 12.0. The minimum atomic E-state index is 0.466. The molecule has 0 aromatic carbocycles. The highest BCUT2D eigenvalue weighted by atomic mass is 127. The number of likely N-dealkylation sites (tertiary alicyclic amines) is 1. The summed E-state index contributed by atoms with van der Waals surface area (Å²) in [5, 5.41) is 0. The molecule has 0 radical (unpaired) electrons. The van der Waals surface area contributed by atoms with Crippen molar-refractivity contribution in [2.75, 3.05) is 32.6 Å². The molecule has 1 atom stereocenters. The molecule has 0 N–H and O–H groups in total. The van der Waals surface area contributed by atoms with Crippen molar-refractivity contribution in [2.45, 2.75) is 18.9 Å². The van der Waals surface area contributed by atoms with Gasteiger partial charge in [-0.25, -0.2) is 9.97 Å². The number of rotatable bonds is 2. The summed E-state index contributed by atoms with van der Waals surface area (Å²) in [6, 6.07) is 0.466. The number of hydrogen-bond acceptors (Lipinski definition) is 4. The minimum absolute atomic E-state index is 0.466. The second kappa shape index (κ2) is 4.83. The van der Waals surface area contributed by atoms with Crippen molar-refractivity contribution in [1.29, 1.82) is 0 Å². The fourth-order valence-corrected chi connectivity index (χ4v) is 2.69. The molecule has 4 nitrogen and oxygen atoms in total. The van der Waals surface area contributed by atoms with E-state index in [-0.39, 0.29) is 0 Å². The molecule has 0 saturated carbocycles. The summed E-state index contributed by atoms with van der Waals surface area (Å²) < 4.78 is 1.17. The minimum Gasteiger partial charge on any atom is -0.347 e. The smallest absolute Gasteiger partial charge is 0.225 e. The van der Waals surface area contributed by atoms with Crippen molar-refractivity contribution in [1.82, 2.24) is 14.9 Å². The van der Waals surface area contributed by atoms with E-state index < -0.39 is 0 Å². The highest BCUT2D eigenvalue weighted by molar-refractivity contribution is 14.1. The third kappa shape index (κ3) is 2.29. The largest absolute Gasteiger partial charge is 0.347 e. The first-order valence-electron chi connectivity index (χ1n) is 5.49. The summed E-state index contributed by atoms with van der Waals surface area (Å²) in [4.78, 5) is 13.3. The fraction of sp³-hybridized carbons (Fsp3) is 0.636. The van der Waals surface area contributed by atoms with Crippen molar-refractivity contribution >= 4 is 28.5 Å². The lowest BCUT2D eigenvalue weighted by molar-refractivity contribution is 0.310. The van der Waals surface area contributed by atoms with Gasteiger partial charge in [-0.3, -0.25) is 4.90 Å². The Labute approximate surface area is 110 Å². The summed E-state index contributed by atoms with van der Waals surface area (Å²) in [5.41, 5.74) is 1.18. The summed E-state index contributed by atoms with van der Waals surface area (Å²) in [5.74, 6) is 0.802. The molecule has 1 aliphatic heterocycles. The molecular weight excluding hydrogens is 315 g/mol. The predicted octanol–water partition coefficient (Wildman–Crippen LogP) is 1.91. The summed E-state index contributed by atoms with van der Waals surface area (Å²) in [6.07, 6.45) is 4.39. The maximum Gasteiger partial charge on any atom is 0.225 e. The SMILES string of the molecule is CN(C)c1ncc(I)c([C@@H]2CCCN2C)n1. The normalized spacial score (nSPS) is 21.4. The molecule has 0 spiro atoms. The van der Waals surface area contributed by atoms with Gasteiger partial charge < -0.3 is 4.90 Å². The van der Waals surface area contributed by atoms with Crippen LogP contribution in [0.4, 0.5) is 5.95 Å². The number of aromatic nitrogens is 2. The van der Waals surface area contributed by atoms with Crippen molar-refractivity contribution in [3.63, 3.8) is 0 Å². The summed E-state index contributed by atoms with van der Waals surface area (Å²) >= 11 is 2.33. The molecule has 2 rings (SSSR count). The average molecular weight is 332 g/mol. The monoisotopic (exact) mass is 332 g/mol. The van der Waals surface area contributed by atoms with E-state index in [1.54, 1.807) is 0 Å². The van der Waals surface area contributed by atoms with E-state index in [9.17, 15) is 0 Å². The van der Waals surface area contributed by atoms with E-state index in [4.69, 9.17) is 0 Å². The van der Waals surface area contributed by atoms with Gasteiger partial charge in [-0.15, -0.1) is 0 Å². The van der Waals surface area contributed by atoms with Crippen LogP contribution < -0.4 is 4.90 Å². The zero-order valence-electron chi connectivity index (χ0n) is 9.94. The Morgan fingerprint density at radius 3 is 2.81 bits per heavy atom. The maximum absolute atomic E-state index is 4.67. The molecule has 5 heteroatoms. The zero-order valence-corrected chi connectivity index (χ0v) is 12.1. The third-order valence-corrected chi connectivity index (χ3v) is 3.83. The Balaban J connectivity index is 2.35. The van der Waals surface area contributed by atoms with Crippen LogP contribution in [-0.4, -0.2) is 42.6 Å². The molecular formula is C11H17IN4. The van der Waals surface area contributed by atoms with Crippen molar-refractivity contribution < 1.29 is 0 Å². The topological polar surface area (TPSA) is 32.3 Å². The van der Waals surface area contributed by atoms with E-state index in [0.29, 0.717) is 6.04 Å². The molecule has 1 saturated heterocycles. The number of nitrogens with zero attached hydrogens (tertiary/aromatic N) is 4. The van der Waals surface area contributed by atoms with Gasteiger partial charge in [-0.05, 0) is 49.0 Å². The number of halogens is 1. The van der Waals surface area contributed by atoms with Crippen LogP contribution in [0.2, 0.25) is 0 Å². The second-order valence-corrected chi connectivity index (χ2v) is 5.60. The molecule has 0 amide bonds. The molecule has 88 valence electrons. The van der Waals surface area contributed by atoms with Gasteiger partial charge in [0, 0.05) is 20.3 Å². The average Bonchev–Trinajstić information content (AvgIpc) is 2.65. The van der Waals surface area contributed by atoms with Gasteiger partial charge in [0.1, 0.15) is 0 Å². The molecule has 2 heterocycles. The molecule has 1 fully saturated rings. The molecule has 1 aromatic rings. The maximum atomic E-state index is 4.67. The van der Waals surface area contributed by atoms with Gasteiger partial charge in [-0.2, -0.15) is 0 Å². The van der Waals surface area contributed by atoms with Crippen LogP contribution in [-0.2, 0) is 0 Å². The Morgan fingerprint density at radius 1 is 1.50 bits per heavy atom. The highest BCUT2D eigenvalue weighted by Gasteiger charge is 2.26. The van der Waals surface area contributed by atoms with Gasteiger partial charge in [0.05, 0.1) is 15.3 Å². The van der Waals surface area contributed by atoms with E-state index in [1.807, 2.05) is 25.2 Å². The summed E-state index contributed by atoms with van der Waals surface area (Å²) in [6.45, 7) is 1.17. The van der Waals surface area contributed by atoms with E-state index in [0.717, 1.165) is 5.95 Å². The van der Waals surface area contributed by atoms with Crippen LogP contribution in [0.5, 0.6) is 0 Å². The Morgan fingerprint density at radius 2 is 2.25 bits per heavy atom. The lowest BCUT2D eigenvalue weighted by atomic mass is 10.1. The van der Waals surface area contributed by atoms with Crippen LogP contribution in [0.15, 0.2) is 6.20 Å². The van der Waals surface area contributed by atoms with Crippen molar-refractivity contribution in [2.24, 2.45) is 0 Å². The first-order chi connectivity index (χ1) is 7.59. The van der Waals surface area contributed by atoms with Gasteiger partial charge in [0.25, 0.3) is 0 Å². The van der Waals surface area contributed by atoms with E-state index in [1.165, 1.54) is 28.7 Å². The Kier molecular flexibility index (Phi) is 3.63. The molecule has 1 aromatic heterocycles. The van der Waals surface area contributed by atoms with Crippen LogP contribution >= 0.6 is 22.6 Å². The molecule has 16 heavy (non-hydrogen) atoms. The predicted molar refractivity (Wildman–Crippen MR) is 73.7 cm³/mol. The van der Waals surface area contributed by atoms with Crippen LogP contribution in [0.3, 0.4) is 0 Å². The molecule has 0 bridgehead atoms. The van der Waals surface area contributed by atoms with Crippen molar-refractivity contribution in [3.8, 4) is 0 Å². The van der Waals surface area contributed by atoms with E-state index in [2.05, 4.69) is 44.5 Å². The second-order valence-electron chi connectivity index (χ2n) is 4.44. The van der Waals surface area contributed by atoms with Crippen LogP contribution in [0, 0.1) is 3.57 Å². The van der Waals surface area contributed by atoms with Gasteiger partial charge in [0.15, 0.2) is 0 Å². The van der Waals surface area contributed by atoms with Crippen LogP contribution in [0.1, 0.15) is 24.6 Å². The van der Waals surface area contributed by atoms with E-state index >= 15 is 0 Å². The van der Waals surface area contributed by atoms with Gasteiger partial charge in [-0.1, -0.05) is 0 Å². The number of hydrogen-bond donors (Lipinski definition) is 0.